The van der Waals surface area contributed by atoms with E-state index in [9.17, 15) is 4.79 Å². The van der Waals surface area contributed by atoms with Crippen LogP contribution in [0.25, 0.3) is 6.08 Å². The van der Waals surface area contributed by atoms with E-state index in [1.165, 1.54) is 17.3 Å². The van der Waals surface area contributed by atoms with Gasteiger partial charge in [0.05, 0.1) is 12.0 Å². The minimum absolute atomic E-state index is 0.0775. The zero-order chi connectivity index (χ0) is 17.9. The van der Waals surface area contributed by atoms with Gasteiger partial charge in [0.2, 0.25) is 5.78 Å². The average Bonchev–Trinajstić information content (AvgIpc) is 2.99. The van der Waals surface area contributed by atoms with Crippen LogP contribution in [-0.2, 0) is 6.54 Å². The van der Waals surface area contributed by atoms with Crippen LogP contribution >= 0.6 is 11.8 Å². The van der Waals surface area contributed by atoms with Crippen molar-refractivity contribution in [1.29, 1.82) is 0 Å². The second-order valence-electron chi connectivity index (χ2n) is 6.09. The van der Waals surface area contributed by atoms with Gasteiger partial charge in [0.25, 0.3) is 0 Å². The minimum atomic E-state index is 0.0775. The van der Waals surface area contributed by atoms with Crippen LogP contribution in [0, 0.1) is 0 Å². The van der Waals surface area contributed by atoms with Crippen LogP contribution in [0.1, 0.15) is 21.5 Å². The van der Waals surface area contributed by atoms with Gasteiger partial charge in [-0.05, 0) is 29.8 Å². The monoisotopic (exact) mass is 360 g/mol. The third kappa shape index (κ3) is 3.41. The van der Waals surface area contributed by atoms with E-state index in [0.29, 0.717) is 0 Å². The summed E-state index contributed by atoms with van der Waals surface area (Å²) in [6, 6.07) is 20.0. The van der Waals surface area contributed by atoms with Crippen molar-refractivity contribution in [3.05, 3.63) is 94.7 Å². The highest BCUT2D eigenvalue weighted by Gasteiger charge is 2.26. The summed E-state index contributed by atoms with van der Waals surface area (Å²) in [5.41, 5.74) is 3.02. The van der Waals surface area contributed by atoms with Gasteiger partial charge in [-0.2, -0.15) is 0 Å². The molecule has 0 unspecified atom stereocenters. The predicted molar refractivity (Wildman–Crippen MR) is 103 cm³/mol. The number of methoxy groups -OCH3 is 1. The van der Waals surface area contributed by atoms with E-state index < -0.39 is 0 Å². The van der Waals surface area contributed by atoms with Gasteiger partial charge in [-0.1, -0.05) is 42.1 Å². The number of rotatable bonds is 4. The van der Waals surface area contributed by atoms with Crippen LogP contribution < -0.4 is 9.30 Å². The van der Waals surface area contributed by atoms with E-state index in [2.05, 4.69) is 16.7 Å². The number of benzene rings is 2. The number of pyridine rings is 1. The lowest BCUT2D eigenvalue weighted by Crippen LogP contribution is -2.33. The van der Waals surface area contributed by atoms with Gasteiger partial charge in [-0.15, -0.1) is 0 Å². The number of hydrogen-bond donors (Lipinski definition) is 0. The molecule has 0 saturated heterocycles. The molecule has 3 aromatic rings. The van der Waals surface area contributed by atoms with Gasteiger partial charge in [0.15, 0.2) is 18.9 Å². The number of ketones is 1. The van der Waals surface area contributed by atoms with Crippen molar-refractivity contribution in [3.8, 4) is 5.75 Å². The Morgan fingerprint density at radius 1 is 1.04 bits per heavy atom. The predicted octanol–water partition coefficient (Wildman–Crippen LogP) is 4.36. The van der Waals surface area contributed by atoms with E-state index in [4.69, 9.17) is 4.74 Å². The highest BCUT2D eigenvalue weighted by atomic mass is 32.2. The van der Waals surface area contributed by atoms with Crippen molar-refractivity contribution in [3.63, 3.8) is 0 Å². The SMILES string of the molecule is COc1ccc2c(c1)S/C(=C\c1cc[n+](Cc3ccccc3)cc1)C2=O. The fourth-order valence-electron chi connectivity index (χ4n) is 2.91. The fraction of sp³-hybridized carbons (Fsp3) is 0.0909. The Morgan fingerprint density at radius 3 is 2.54 bits per heavy atom. The number of ether oxygens (including phenoxy) is 1. The number of Topliss-reactive ketones (excluding diaryl/α,β-unsaturated/α-hetero) is 1. The molecule has 2 aromatic carbocycles. The number of carbonyl (C=O) groups is 1. The van der Waals surface area contributed by atoms with E-state index in [1.54, 1.807) is 7.11 Å². The molecule has 2 heterocycles. The topological polar surface area (TPSA) is 30.2 Å². The van der Waals surface area contributed by atoms with Gasteiger partial charge in [-0.25, -0.2) is 4.57 Å². The maximum Gasteiger partial charge on any atom is 0.200 e. The Kier molecular flexibility index (Phi) is 4.59. The molecule has 0 spiro atoms. The Labute approximate surface area is 157 Å². The van der Waals surface area contributed by atoms with Crippen molar-refractivity contribution in [2.45, 2.75) is 11.4 Å². The van der Waals surface area contributed by atoms with Crippen molar-refractivity contribution >= 4 is 23.6 Å². The smallest absolute Gasteiger partial charge is 0.200 e. The molecule has 0 saturated carbocycles. The number of allylic oxidation sites excluding steroid dienone is 1. The summed E-state index contributed by atoms with van der Waals surface area (Å²) in [4.78, 5) is 14.3. The van der Waals surface area contributed by atoms with Gasteiger partial charge >= 0.3 is 0 Å². The summed E-state index contributed by atoms with van der Waals surface area (Å²) in [6.07, 6.45) is 6.03. The lowest BCUT2D eigenvalue weighted by molar-refractivity contribution is -0.688. The summed E-state index contributed by atoms with van der Waals surface area (Å²) in [7, 11) is 1.63. The number of carbonyl (C=O) groups excluding carboxylic acids is 1. The second kappa shape index (κ2) is 7.18. The number of hydrogen-bond acceptors (Lipinski definition) is 3. The highest BCUT2D eigenvalue weighted by molar-refractivity contribution is 8.04. The Hall–Kier alpha value is -2.85. The molecular formula is C22H18NO2S+. The lowest BCUT2D eigenvalue weighted by Gasteiger charge is -2.00. The first kappa shape index (κ1) is 16.6. The molecule has 1 aliphatic heterocycles. The molecule has 4 rings (SSSR count). The third-order valence-electron chi connectivity index (χ3n) is 4.30. The summed E-state index contributed by atoms with van der Waals surface area (Å²) >= 11 is 1.50. The highest BCUT2D eigenvalue weighted by Crippen LogP contribution is 2.42. The zero-order valence-corrected chi connectivity index (χ0v) is 15.2. The molecule has 0 atom stereocenters. The van der Waals surface area contributed by atoms with E-state index in [1.807, 2.05) is 67.0 Å². The molecule has 26 heavy (non-hydrogen) atoms. The van der Waals surface area contributed by atoms with Crippen molar-refractivity contribution < 1.29 is 14.1 Å². The molecule has 3 nitrogen and oxygen atoms in total. The maximum absolute atomic E-state index is 12.6. The number of thioether (sulfide) groups is 1. The average molecular weight is 360 g/mol. The van der Waals surface area contributed by atoms with Crippen LogP contribution in [0.4, 0.5) is 0 Å². The first-order valence-electron chi connectivity index (χ1n) is 8.38. The molecule has 4 heteroatoms. The van der Waals surface area contributed by atoms with Crippen LogP contribution in [0.5, 0.6) is 5.75 Å². The van der Waals surface area contributed by atoms with Crippen LogP contribution in [0.15, 0.2) is 82.9 Å². The molecule has 0 amide bonds. The number of fused-ring (bicyclic) bond motifs is 1. The van der Waals surface area contributed by atoms with E-state index >= 15 is 0 Å². The summed E-state index contributed by atoms with van der Waals surface area (Å²) in [5.74, 6) is 0.848. The molecule has 128 valence electrons. The maximum atomic E-state index is 12.6. The van der Waals surface area contributed by atoms with Gasteiger partial charge in [0, 0.05) is 28.2 Å². The molecule has 0 radical (unpaired) electrons. The van der Waals surface area contributed by atoms with Crippen molar-refractivity contribution in [1.82, 2.24) is 0 Å². The first-order chi connectivity index (χ1) is 12.7. The number of nitrogens with zero attached hydrogens (tertiary/aromatic N) is 1. The van der Waals surface area contributed by atoms with Crippen molar-refractivity contribution in [2.75, 3.05) is 7.11 Å². The molecule has 0 fully saturated rings. The van der Waals surface area contributed by atoms with Gasteiger partial charge in [0.1, 0.15) is 5.75 Å². The standard InChI is InChI=1S/C22H18NO2S/c1-25-18-7-8-19-20(14-18)26-21(22(19)24)13-16-9-11-23(12-10-16)15-17-5-3-2-4-6-17/h2-14H,15H2,1H3/q+1/b21-13-. The van der Waals surface area contributed by atoms with E-state index in [-0.39, 0.29) is 5.78 Å². The fourth-order valence-corrected chi connectivity index (χ4v) is 3.99. The molecule has 0 N–H and O–H groups in total. The normalized spacial score (nSPS) is 14.5. The third-order valence-corrected chi connectivity index (χ3v) is 5.38. The van der Waals surface area contributed by atoms with E-state index in [0.717, 1.165) is 33.2 Å². The van der Waals surface area contributed by atoms with Gasteiger partial charge < -0.3 is 4.74 Å². The molecule has 0 aliphatic carbocycles. The van der Waals surface area contributed by atoms with Gasteiger partial charge in [-0.3, -0.25) is 4.79 Å². The molecular weight excluding hydrogens is 342 g/mol. The second-order valence-corrected chi connectivity index (χ2v) is 7.18. The van der Waals surface area contributed by atoms with Crippen molar-refractivity contribution in [2.24, 2.45) is 0 Å². The summed E-state index contributed by atoms with van der Waals surface area (Å²) < 4.78 is 7.37. The molecule has 0 bridgehead atoms. The first-order valence-corrected chi connectivity index (χ1v) is 9.20. The lowest BCUT2D eigenvalue weighted by atomic mass is 10.1. The zero-order valence-electron chi connectivity index (χ0n) is 14.4. The summed E-state index contributed by atoms with van der Waals surface area (Å²) in [5, 5.41) is 0. The Morgan fingerprint density at radius 2 is 1.81 bits per heavy atom. The Bertz CT molecular complexity index is 979. The largest absolute Gasteiger partial charge is 0.497 e. The Balaban J connectivity index is 1.53. The number of aromatic nitrogens is 1. The minimum Gasteiger partial charge on any atom is -0.497 e. The van der Waals surface area contributed by atoms with Crippen LogP contribution in [0.2, 0.25) is 0 Å². The quantitative estimate of drug-likeness (QED) is 0.511. The van der Waals surface area contributed by atoms with Crippen LogP contribution in [0.3, 0.4) is 0 Å². The molecule has 1 aromatic heterocycles. The molecule has 1 aliphatic rings. The summed E-state index contributed by atoms with van der Waals surface area (Å²) in [6.45, 7) is 0.830. The van der Waals surface area contributed by atoms with Crippen LogP contribution in [-0.4, -0.2) is 12.9 Å².